The van der Waals surface area contributed by atoms with Crippen LogP contribution in [0, 0.1) is 23.7 Å². The third kappa shape index (κ3) is 10.6. The average Bonchev–Trinajstić information content (AvgIpc) is 3.13. The van der Waals surface area contributed by atoms with Crippen molar-refractivity contribution in [2.75, 3.05) is 13.2 Å². The highest BCUT2D eigenvalue weighted by Crippen LogP contribution is 2.59. The first kappa shape index (κ1) is 45.5. The van der Waals surface area contributed by atoms with Crippen molar-refractivity contribution < 1.29 is 27.9 Å². The van der Waals surface area contributed by atoms with Gasteiger partial charge in [0.25, 0.3) is 0 Å². The van der Waals surface area contributed by atoms with Gasteiger partial charge in [0.05, 0.1) is 11.8 Å². The topological polar surface area (TPSA) is 71.1 Å². The van der Waals surface area contributed by atoms with Gasteiger partial charge in [-0.3, -0.25) is 9.59 Å². The van der Waals surface area contributed by atoms with Crippen LogP contribution in [0.15, 0.2) is 96.1 Å². The van der Waals surface area contributed by atoms with E-state index in [2.05, 4.69) is 107 Å². The van der Waals surface area contributed by atoms with Crippen LogP contribution >= 0.6 is 0 Å². The van der Waals surface area contributed by atoms with E-state index < -0.39 is 40.3 Å². The van der Waals surface area contributed by atoms with E-state index >= 15 is 0 Å². The van der Waals surface area contributed by atoms with Gasteiger partial charge in [0, 0.05) is 11.8 Å². The molecule has 58 heavy (non-hydrogen) atoms. The number of ether oxygens (including phenoxy) is 2. The Hall–Kier alpha value is -3.63. The molecule has 3 aliphatic carbocycles. The third-order valence-electron chi connectivity index (χ3n) is 14.2. The Morgan fingerprint density at radius 1 is 0.603 bits per heavy atom. The highest BCUT2D eigenvalue weighted by Gasteiger charge is 2.59. The zero-order valence-corrected chi connectivity index (χ0v) is 39.8. The second-order valence-corrected chi connectivity index (χ2v) is 30.0. The van der Waals surface area contributed by atoms with Crippen LogP contribution in [0.3, 0.4) is 0 Å². The summed E-state index contributed by atoms with van der Waals surface area (Å²) in [4.78, 5) is 29.1. The number of esters is 2. The Morgan fingerprint density at radius 2 is 0.931 bits per heavy atom. The minimum Gasteiger partial charge on any atom is -0.544 e. The summed E-state index contributed by atoms with van der Waals surface area (Å²) in [5.41, 5.74) is 6.49. The second-order valence-electron chi connectivity index (χ2n) is 20.5. The Balaban J connectivity index is 1.49. The van der Waals surface area contributed by atoms with E-state index in [1.165, 1.54) is 11.1 Å². The fourth-order valence-electron chi connectivity index (χ4n) is 8.03. The van der Waals surface area contributed by atoms with Crippen LogP contribution in [-0.2, 0) is 19.1 Å². The molecule has 0 radical (unpaired) electrons. The number of carbonyl (C=O) groups is 2. The first-order chi connectivity index (χ1) is 27.0. The predicted molar refractivity (Wildman–Crippen MR) is 243 cm³/mol. The van der Waals surface area contributed by atoms with Crippen LogP contribution in [0.4, 0.5) is 0 Å². The molecule has 2 aromatic carbocycles. The zero-order valence-electron chi connectivity index (χ0n) is 37.8. The van der Waals surface area contributed by atoms with Crippen molar-refractivity contribution in [2.24, 2.45) is 23.7 Å². The SMILES string of the molecule is C=C(C)C1CC=C(COC(=O)C2C(c3ccc(O[Si](C)(C)C(C)(C)C)cc3)C(C(=O)OCC3=CCC(C(=C)C)CC3)C2c2ccc(O[Si](C)(C)C(C)(C)C)cc2)CC1. The second kappa shape index (κ2) is 17.9. The molecule has 0 heterocycles. The van der Waals surface area contributed by atoms with E-state index in [0.717, 1.165) is 72.3 Å². The van der Waals surface area contributed by atoms with Gasteiger partial charge in [-0.2, -0.15) is 0 Å². The van der Waals surface area contributed by atoms with Crippen LogP contribution in [0.1, 0.15) is 117 Å². The first-order valence-corrected chi connectivity index (χ1v) is 27.4. The highest BCUT2D eigenvalue weighted by atomic mass is 28.4. The number of rotatable bonds is 14. The van der Waals surface area contributed by atoms with Crippen molar-refractivity contribution in [2.45, 2.75) is 142 Å². The maximum absolute atomic E-state index is 14.5. The number of allylic oxidation sites excluding steroid dienone is 4. The fourth-order valence-corrected chi connectivity index (χ4v) is 10.1. The van der Waals surface area contributed by atoms with Crippen LogP contribution in [0.5, 0.6) is 11.5 Å². The molecule has 5 rings (SSSR count). The Labute approximate surface area is 352 Å². The van der Waals surface area contributed by atoms with Gasteiger partial charge >= 0.3 is 11.9 Å². The van der Waals surface area contributed by atoms with Crippen molar-refractivity contribution >= 4 is 28.6 Å². The summed E-state index contributed by atoms with van der Waals surface area (Å²) < 4.78 is 25.7. The van der Waals surface area contributed by atoms with E-state index in [-0.39, 0.29) is 35.2 Å². The Bertz CT molecular complexity index is 1730. The molecular weight excluding hydrogens is 753 g/mol. The van der Waals surface area contributed by atoms with Crippen molar-refractivity contribution in [1.29, 1.82) is 0 Å². The summed E-state index contributed by atoms with van der Waals surface area (Å²) in [5, 5.41) is 0.0838. The summed E-state index contributed by atoms with van der Waals surface area (Å²) in [6, 6.07) is 16.1. The van der Waals surface area contributed by atoms with Crippen molar-refractivity contribution in [1.82, 2.24) is 0 Å². The van der Waals surface area contributed by atoms with Gasteiger partial charge in [-0.15, -0.1) is 0 Å². The Morgan fingerprint density at radius 3 is 1.19 bits per heavy atom. The van der Waals surface area contributed by atoms with Crippen LogP contribution in [0.25, 0.3) is 0 Å². The monoisotopic (exact) mass is 824 g/mol. The third-order valence-corrected chi connectivity index (χ3v) is 22.9. The molecule has 0 N–H and O–H groups in total. The molecule has 2 unspecified atom stereocenters. The molecular formula is C50H72O6Si2. The van der Waals surface area contributed by atoms with Crippen molar-refractivity contribution in [3.05, 3.63) is 107 Å². The molecule has 0 amide bonds. The standard InChI is InChI=1S/C50H72O6Si2/c1-33(2)37-19-15-35(16-20-37)31-53-47(51)45-43(39-23-27-41(28-24-39)55-57(11,12)49(5,6)7)46(48(52)54-32-36-17-21-38(22-18-36)34(3)4)44(45)40-25-29-42(30-26-40)56-58(13,14)50(8,9)10/h15,17,23-30,37-38,43-46H,1,3,16,18-22,31-32H2,2,4-14H3. The lowest BCUT2D eigenvalue weighted by atomic mass is 9.52. The predicted octanol–water partition coefficient (Wildman–Crippen LogP) is 13.3. The highest BCUT2D eigenvalue weighted by molar-refractivity contribution is 6.75. The van der Waals surface area contributed by atoms with E-state index in [0.29, 0.717) is 11.8 Å². The van der Waals surface area contributed by atoms with Gasteiger partial charge in [0.1, 0.15) is 24.7 Å². The van der Waals surface area contributed by atoms with E-state index in [4.69, 9.17) is 18.3 Å². The number of hydrogen-bond acceptors (Lipinski definition) is 6. The molecule has 2 atom stereocenters. The van der Waals surface area contributed by atoms with Gasteiger partial charge in [-0.1, -0.05) is 102 Å². The summed E-state index contributed by atoms with van der Waals surface area (Å²) in [7, 11) is -4.17. The lowest BCUT2D eigenvalue weighted by Gasteiger charge is -2.49. The molecule has 3 aliphatic rings. The van der Waals surface area contributed by atoms with Gasteiger partial charge in [0.2, 0.25) is 16.6 Å². The minimum absolute atomic E-state index is 0.0419. The molecule has 0 saturated heterocycles. The van der Waals surface area contributed by atoms with Crippen LogP contribution in [0.2, 0.25) is 36.3 Å². The number of hydrogen-bond donors (Lipinski definition) is 0. The summed E-state index contributed by atoms with van der Waals surface area (Å²) in [6.45, 7) is 35.3. The summed E-state index contributed by atoms with van der Waals surface area (Å²) in [6.07, 6.45) is 10.1. The lowest BCUT2D eigenvalue weighted by Crippen LogP contribution is -2.52. The molecule has 8 heteroatoms. The maximum Gasteiger partial charge on any atom is 0.310 e. The normalized spacial score (nSPS) is 24.1. The molecule has 316 valence electrons. The molecule has 6 nitrogen and oxygen atoms in total. The number of benzene rings is 2. The minimum atomic E-state index is -2.09. The van der Waals surface area contributed by atoms with Gasteiger partial charge < -0.3 is 18.3 Å². The van der Waals surface area contributed by atoms with Crippen LogP contribution < -0.4 is 8.85 Å². The maximum atomic E-state index is 14.5. The molecule has 0 bridgehead atoms. The van der Waals surface area contributed by atoms with Crippen LogP contribution in [-0.4, -0.2) is 41.8 Å². The molecule has 0 aromatic heterocycles. The molecule has 0 spiro atoms. The Kier molecular flexibility index (Phi) is 14.0. The van der Waals surface area contributed by atoms with E-state index in [1.807, 2.05) is 48.5 Å². The van der Waals surface area contributed by atoms with E-state index in [1.54, 1.807) is 0 Å². The van der Waals surface area contributed by atoms with E-state index in [9.17, 15) is 9.59 Å². The molecule has 2 aromatic rings. The lowest BCUT2D eigenvalue weighted by molar-refractivity contribution is -0.166. The number of carbonyl (C=O) groups excluding carboxylic acids is 2. The van der Waals surface area contributed by atoms with Gasteiger partial charge in [0.15, 0.2) is 0 Å². The summed E-state index contributed by atoms with van der Waals surface area (Å²) in [5.74, 6) is -0.0761. The van der Waals surface area contributed by atoms with Gasteiger partial charge in [-0.25, -0.2) is 0 Å². The zero-order chi connectivity index (χ0) is 42.8. The first-order valence-electron chi connectivity index (χ1n) is 21.6. The fraction of sp³-hybridized carbons (Fsp3) is 0.560. The quantitative estimate of drug-likeness (QED) is 0.107. The smallest absolute Gasteiger partial charge is 0.310 e. The molecule has 1 saturated carbocycles. The molecule has 0 aliphatic heterocycles. The van der Waals surface area contributed by atoms with Crippen molar-refractivity contribution in [3.8, 4) is 11.5 Å². The molecule has 1 fully saturated rings. The average molecular weight is 825 g/mol. The largest absolute Gasteiger partial charge is 0.544 e. The van der Waals surface area contributed by atoms with Crippen molar-refractivity contribution in [3.63, 3.8) is 0 Å². The summed E-state index contributed by atoms with van der Waals surface area (Å²) >= 11 is 0. The van der Waals surface area contributed by atoms with Gasteiger partial charge in [-0.05, 0) is 147 Å².